The lowest BCUT2D eigenvalue weighted by Gasteiger charge is -1.73. The highest BCUT2D eigenvalue weighted by Gasteiger charge is 1.77. The van der Waals surface area contributed by atoms with Crippen molar-refractivity contribution >= 4 is 5.91 Å². The molecule has 0 fully saturated rings. The first-order valence-electron chi connectivity index (χ1n) is 1.55. The molecule has 0 radical (unpaired) electrons. The van der Waals surface area contributed by atoms with Crippen LogP contribution in [0, 0.1) is 0 Å². The summed E-state index contributed by atoms with van der Waals surface area (Å²) in [6, 6.07) is 0. The molecule has 0 aromatic rings. The zero-order valence-electron chi connectivity index (χ0n) is 3.19. The number of primary amides is 1. The Hall–Kier alpha value is -0.530. The van der Waals surface area contributed by atoms with Crippen LogP contribution in [-0.4, -0.2) is 5.91 Å². The van der Waals surface area contributed by atoms with Crippen LogP contribution in [0.1, 0.15) is 28.2 Å². The number of hydrogen-bond acceptors (Lipinski definition) is 1. The zero-order valence-corrected chi connectivity index (χ0v) is 3.19. The second kappa shape index (κ2) is 9.08. The van der Waals surface area contributed by atoms with Gasteiger partial charge in [0.05, 0.1) is 0 Å². The molecule has 0 saturated heterocycles. The highest BCUT2D eigenvalue weighted by Crippen LogP contribution is 1.63. The summed E-state index contributed by atoms with van der Waals surface area (Å²) in [5, 5.41) is 0. The van der Waals surface area contributed by atoms with Crippen molar-refractivity contribution in [3.8, 4) is 0 Å². The van der Waals surface area contributed by atoms with E-state index in [-0.39, 0.29) is 20.8 Å². The Bertz CT molecular complexity index is 43.3. The molecule has 0 heterocycles. The van der Waals surface area contributed by atoms with Crippen molar-refractivity contribution in [2.75, 3.05) is 0 Å². The standard InChI is InChI=1S/C3H7NO.2CH4/c1-2-3(4)5;;/h2H2,1H3,(H2,4,5);2*1H4. The van der Waals surface area contributed by atoms with Crippen molar-refractivity contribution in [1.82, 2.24) is 0 Å². The lowest BCUT2D eigenvalue weighted by molar-refractivity contribution is -0.117. The average Bonchev–Trinajstić information content (AvgIpc) is 1.38. The molecule has 46 valence electrons. The molecule has 0 bridgehead atoms. The Morgan fingerprint density at radius 2 is 1.71 bits per heavy atom. The Morgan fingerprint density at radius 1 is 1.57 bits per heavy atom. The van der Waals surface area contributed by atoms with Crippen LogP contribution in [0.5, 0.6) is 0 Å². The quantitative estimate of drug-likeness (QED) is 0.534. The minimum atomic E-state index is -0.245. The van der Waals surface area contributed by atoms with E-state index < -0.39 is 0 Å². The molecule has 0 rings (SSSR count). The van der Waals surface area contributed by atoms with Crippen molar-refractivity contribution < 1.29 is 4.79 Å². The molecule has 0 aromatic heterocycles. The van der Waals surface area contributed by atoms with Crippen molar-refractivity contribution in [1.29, 1.82) is 0 Å². The summed E-state index contributed by atoms with van der Waals surface area (Å²) >= 11 is 0. The molecule has 7 heavy (non-hydrogen) atoms. The molecule has 1 amide bonds. The molecule has 0 aliphatic rings. The summed E-state index contributed by atoms with van der Waals surface area (Å²) < 4.78 is 0. The third-order valence-electron chi connectivity index (χ3n) is 0.348. The van der Waals surface area contributed by atoms with Gasteiger partial charge in [-0.1, -0.05) is 21.8 Å². The average molecular weight is 105 g/mol. The molecule has 0 spiro atoms. The van der Waals surface area contributed by atoms with Crippen molar-refractivity contribution in [3.63, 3.8) is 0 Å². The molecule has 2 heteroatoms. The SMILES string of the molecule is C.C.CCC(N)=O. The van der Waals surface area contributed by atoms with Crippen LogP contribution >= 0.6 is 0 Å². The summed E-state index contributed by atoms with van der Waals surface area (Å²) in [5.74, 6) is -0.245. The van der Waals surface area contributed by atoms with E-state index >= 15 is 0 Å². The maximum atomic E-state index is 9.59. The lowest BCUT2D eigenvalue weighted by Crippen LogP contribution is -2.06. The number of amides is 1. The van der Waals surface area contributed by atoms with Gasteiger partial charge in [0, 0.05) is 6.42 Å². The van der Waals surface area contributed by atoms with Crippen LogP contribution in [0.15, 0.2) is 0 Å². The molecule has 0 atom stereocenters. The molecule has 0 aliphatic carbocycles. The van der Waals surface area contributed by atoms with Crippen molar-refractivity contribution in [2.45, 2.75) is 28.2 Å². The van der Waals surface area contributed by atoms with Gasteiger partial charge in [-0.15, -0.1) is 0 Å². The van der Waals surface area contributed by atoms with Gasteiger partial charge in [-0.05, 0) is 0 Å². The van der Waals surface area contributed by atoms with Gasteiger partial charge < -0.3 is 5.73 Å². The Balaban J connectivity index is -0.0000000800. The monoisotopic (exact) mass is 105 g/mol. The predicted octanol–water partition coefficient (Wildman–Crippen LogP) is 1.15. The molecule has 2 nitrogen and oxygen atoms in total. The molecule has 0 saturated carbocycles. The Kier molecular flexibility index (Phi) is 20.8. The fourth-order valence-corrected chi connectivity index (χ4v) is 0. The first-order valence-corrected chi connectivity index (χ1v) is 1.55. The van der Waals surface area contributed by atoms with E-state index in [1.165, 1.54) is 0 Å². The van der Waals surface area contributed by atoms with Crippen LogP contribution in [0.4, 0.5) is 0 Å². The number of carbonyl (C=O) groups is 1. The third-order valence-corrected chi connectivity index (χ3v) is 0.348. The van der Waals surface area contributed by atoms with Gasteiger partial charge >= 0.3 is 0 Å². The number of carbonyl (C=O) groups excluding carboxylic acids is 1. The van der Waals surface area contributed by atoms with E-state index in [1.54, 1.807) is 6.92 Å². The second-order valence-corrected chi connectivity index (χ2v) is 0.820. The summed E-state index contributed by atoms with van der Waals surface area (Å²) in [7, 11) is 0. The number of hydrogen-bond donors (Lipinski definition) is 1. The summed E-state index contributed by atoms with van der Waals surface area (Å²) in [4.78, 5) is 9.59. The van der Waals surface area contributed by atoms with Gasteiger partial charge in [0.1, 0.15) is 0 Å². The maximum absolute atomic E-state index is 9.59. The summed E-state index contributed by atoms with van der Waals surface area (Å²) in [5.41, 5.74) is 4.65. The van der Waals surface area contributed by atoms with Gasteiger partial charge in [0.15, 0.2) is 0 Å². The Morgan fingerprint density at radius 3 is 1.71 bits per heavy atom. The molecule has 0 aromatic carbocycles. The van der Waals surface area contributed by atoms with Crippen molar-refractivity contribution in [3.05, 3.63) is 0 Å². The van der Waals surface area contributed by atoms with Crippen LogP contribution in [0.25, 0.3) is 0 Å². The first kappa shape index (κ1) is 16.1. The van der Waals surface area contributed by atoms with Crippen LogP contribution in [-0.2, 0) is 4.79 Å². The summed E-state index contributed by atoms with van der Waals surface area (Å²) in [6.07, 6.45) is 0.444. The fraction of sp³-hybridized carbons (Fsp3) is 0.800. The predicted molar refractivity (Wildman–Crippen MR) is 32.9 cm³/mol. The molecule has 0 unspecified atom stereocenters. The zero-order chi connectivity index (χ0) is 4.28. The normalized spacial score (nSPS) is 5.29. The maximum Gasteiger partial charge on any atom is 0.217 e. The minimum absolute atomic E-state index is 0. The topological polar surface area (TPSA) is 43.1 Å². The molecular weight excluding hydrogens is 90.1 g/mol. The van der Waals surface area contributed by atoms with Gasteiger partial charge in [-0.25, -0.2) is 0 Å². The molecule has 0 aliphatic heterocycles. The van der Waals surface area contributed by atoms with Gasteiger partial charge in [0.2, 0.25) is 5.91 Å². The highest BCUT2D eigenvalue weighted by atomic mass is 16.1. The van der Waals surface area contributed by atoms with E-state index in [1.807, 2.05) is 0 Å². The smallest absolute Gasteiger partial charge is 0.217 e. The fourth-order valence-electron chi connectivity index (χ4n) is 0. The van der Waals surface area contributed by atoms with Crippen LogP contribution in [0.2, 0.25) is 0 Å². The van der Waals surface area contributed by atoms with Crippen LogP contribution < -0.4 is 5.73 Å². The molecule has 2 N–H and O–H groups in total. The van der Waals surface area contributed by atoms with E-state index in [2.05, 4.69) is 5.73 Å². The minimum Gasteiger partial charge on any atom is -0.370 e. The highest BCUT2D eigenvalue weighted by molar-refractivity contribution is 5.73. The first-order chi connectivity index (χ1) is 2.27. The van der Waals surface area contributed by atoms with Gasteiger partial charge in [-0.3, -0.25) is 4.79 Å². The van der Waals surface area contributed by atoms with Crippen LogP contribution in [0.3, 0.4) is 0 Å². The second-order valence-electron chi connectivity index (χ2n) is 0.820. The van der Waals surface area contributed by atoms with E-state index in [4.69, 9.17) is 0 Å². The third kappa shape index (κ3) is 30.5. The number of rotatable bonds is 1. The van der Waals surface area contributed by atoms with Gasteiger partial charge in [0.25, 0.3) is 0 Å². The summed E-state index contributed by atoms with van der Waals surface area (Å²) in [6.45, 7) is 1.72. The number of nitrogens with two attached hydrogens (primary N) is 1. The largest absolute Gasteiger partial charge is 0.370 e. The van der Waals surface area contributed by atoms with Crippen molar-refractivity contribution in [2.24, 2.45) is 5.73 Å². The van der Waals surface area contributed by atoms with E-state index in [0.29, 0.717) is 6.42 Å². The van der Waals surface area contributed by atoms with Gasteiger partial charge in [-0.2, -0.15) is 0 Å². The lowest BCUT2D eigenvalue weighted by atomic mass is 10.5. The van der Waals surface area contributed by atoms with E-state index in [9.17, 15) is 4.79 Å². The Labute approximate surface area is 45.7 Å². The van der Waals surface area contributed by atoms with E-state index in [0.717, 1.165) is 0 Å². The molecular formula is C5H15NO.